The highest BCUT2D eigenvalue weighted by Crippen LogP contribution is 2.25. The number of carbonyl (C=O) groups excluding carboxylic acids is 3. The van der Waals surface area contributed by atoms with E-state index in [4.69, 9.17) is 4.42 Å². The molecule has 7 nitrogen and oxygen atoms in total. The monoisotopic (exact) mass is 403 g/mol. The van der Waals surface area contributed by atoms with Gasteiger partial charge in [-0.2, -0.15) is 0 Å². The third kappa shape index (κ3) is 4.25. The Bertz CT molecular complexity index is 1050. The van der Waals surface area contributed by atoms with Gasteiger partial charge in [-0.05, 0) is 35.4 Å². The number of nitrogens with one attached hydrogen (secondary N) is 2. The molecule has 1 atom stereocenters. The minimum Gasteiger partial charge on any atom is -0.459 e. The fourth-order valence-electron chi connectivity index (χ4n) is 3.52. The van der Waals surface area contributed by atoms with Crippen molar-refractivity contribution < 1.29 is 18.8 Å². The number of benzene rings is 2. The predicted octanol–water partition coefficient (Wildman–Crippen LogP) is 2.60. The third-order valence-electron chi connectivity index (χ3n) is 5.02. The van der Waals surface area contributed by atoms with Gasteiger partial charge in [-0.25, -0.2) is 0 Å². The van der Waals surface area contributed by atoms with Gasteiger partial charge in [-0.15, -0.1) is 0 Å². The second-order valence-electron chi connectivity index (χ2n) is 7.03. The van der Waals surface area contributed by atoms with Crippen LogP contribution in [0.25, 0.3) is 0 Å². The van der Waals surface area contributed by atoms with Crippen LogP contribution in [0.4, 0.5) is 5.69 Å². The van der Waals surface area contributed by atoms with Crippen molar-refractivity contribution in [3.05, 3.63) is 89.9 Å². The maximum atomic E-state index is 12.9. The molecule has 7 heteroatoms. The molecule has 1 aliphatic heterocycles. The molecule has 0 fully saturated rings. The number of hydrogen-bond acceptors (Lipinski definition) is 4. The molecule has 0 bridgehead atoms. The number of rotatable bonds is 5. The van der Waals surface area contributed by atoms with Gasteiger partial charge in [-0.1, -0.05) is 42.5 Å². The van der Waals surface area contributed by atoms with Gasteiger partial charge >= 0.3 is 0 Å². The van der Waals surface area contributed by atoms with E-state index in [-0.39, 0.29) is 30.0 Å². The number of fused-ring (bicyclic) bond motifs is 1. The molecule has 30 heavy (non-hydrogen) atoms. The fraction of sp³-hybridized carbons (Fsp3) is 0.174. The van der Waals surface area contributed by atoms with E-state index < -0.39 is 6.04 Å². The first kappa shape index (κ1) is 19.4. The molecule has 0 saturated carbocycles. The lowest BCUT2D eigenvalue weighted by Gasteiger charge is -2.35. The van der Waals surface area contributed by atoms with E-state index in [1.807, 2.05) is 42.5 Å². The van der Waals surface area contributed by atoms with Gasteiger partial charge < -0.3 is 20.0 Å². The third-order valence-corrected chi connectivity index (χ3v) is 5.02. The summed E-state index contributed by atoms with van der Waals surface area (Å²) in [5, 5.41) is 5.38. The van der Waals surface area contributed by atoms with Gasteiger partial charge in [0.05, 0.1) is 12.8 Å². The minimum atomic E-state index is -0.734. The van der Waals surface area contributed by atoms with E-state index in [9.17, 15) is 14.4 Å². The van der Waals surface area contributed by atoms with Gasteiger partial charge in [0.25, 0.3) is 5.91 Å². The molecule has 1 unspecified atom stereocenters. The molecular formula is C23H21N3O4. The summed E-state index contributed by atoms with van der Waals surface area (Å²) in [6, 6.07) is 19.2. The largest absolute Gasteiger partial charge is 0.459 e. The summed E-state index contributed by atoms with van der Waals surface area (Å²) in [7, 11) is 0. The van der Waals surface area contributed by atoms with Crippen LogP contribution in [-0.4, -0.2) is 35.2 Å². The van der Waals surface area contributed by atoms with Crippen molar-refractivity contribution in [1.82, 2.24) is 10.2 Å². The van der Waals surface area contributed by atoms with Crippen LogP contribution in [0.15, 0.2) is 77.4 Å². The number of hydrogen-bond donors (Lipinski definition) is 2. The maximum Gasteiger partial charge on any atom is 0.290 e. The molecule has 0 spiro atoms. The number of nitrogens with zero attached hydrogens (tertiary/aromatic N) is 1. The average molecular weight is 403 g/mol. The zero-order chi connectivity index (χ0) is 20.9. The van der Waals surface area contributed by atoms with Gasteiger partial charge in [-0.3, -0.25) is 14.4 Å². The number of anilines is 1. The van der Waals surface area contributed by atoms with Crippen LogP contribution in [0, 0.1) is 0 Å². The van der Waals surface area contributed by atoms with Crippen LogP contribution in [0.2, 0.25) is 0 Å². The Kier molecular flexibility index (Phi) is 5.61. The normalized spacial score (nSPS) is 15.2. The number of carbonyl (C=O) groups is 3. The Hall–Kier alpha value is -3.87. The van der Waals surface area contributed by atoms with E-state index in [0.717, 1.165) is 11.1 Å². The molecule has 2 heterocycles. The summed E-state index contributed by atoms with van der Waals surface area (Å²) in [6.45, 7) is 0.110. The van der Waals surface area contributed by atoms with Crippen LogP contribution in [0.3, 0.4) is 0 Å². The van der Waals surface area contributed by atoms with E-state index in [0.29, 0.717) is 18.7 Å². The highest BCUT2D eigenvalue weighted by molar-refractivity contribution is 5.98. The van der Waals surface area contributed by atoms with E-state index in [1.54, 1.807) is 24.3 Å². The quantitative estimate of drug-likeness (QED) is 0.685. The molecular weight excluding hydrogens is 382 g/mol. The number of amides is 3. The Morgan fingerprint density at radius 3 is 2.40 bits per heavy atom. The van der Waals surface area contributed by atoms with Gasteiger partial charge in [0.1, 0.15) is 6.04 Å². The van der Waals surface area contributed by atoms with Gasteiger partial charge in [0, 0.05) is 18.7 Å². The van der Waals surface area contributed by atoms with Crippen LogP contribution >= 0.6 is 0 Å². The first-order valence-corrected chi connectivity index (χ1v) is 9.65. The Morgan fingerprint density at radius 1 is 0.933 bits per heavy atom. The van der Waals surface area contributed by atoms with Crippen LogP contribution < -0.4 is 10.6 Å². The molecule has 3 aromatic rings. The Labute approximate surface area is 173 Å². The molecule has 0 aliphatic carbocycles. The maximum absolute atomic E-state index is 12.9. The predicted molar refractivity (Wildman–Crippen MR) is 111 cm³/mol. The first-order chi connectivity index (χ1) is 14.6. The van der Waals surface area contributed by atoms with E-state index >= 15 is 0 Å². The van der Waals surface area contributed by atoms with Crippen LogP contribution in [0.1, 0.15) is 21.7 Å². The average Bonchev–Trinajstić information content (AvgIpc) is 3.32. The molecule has 1 aromatic heterocycles. The SMILES string of the molecule is O=C(CNC(=O)C1Cc2ccccc2CN1C(=O)c1ccco1)Nc1ccccc1. The molecule has 4 rings (SSSR count). The van der Waals surface area contributed by atoms with Crippen molar-refractivity contribution in [2.24, 2.45) is 0 Å². The van der Waals surface area contributed by atoms with Crippen LogP contribution in [0.5, 0.6) is 0 Å². The first-order valence-electron chi connectivity index (χ1n) is 9.65. The second kappa shape index (κ2) is 8.65. The Balaban J connectivity index is 1.47. The molecule has 0 saturated heterocycles. The van der Waals surface area contributed by atoms with Crippen molar-refractivity contribution in [2.75, 3.05) is 11.9 Å². The molecule has 152 valence electrons. The summed E-state index contributed by atoms with van der Waals surface area (Å²) in [6.07, 6.45) is 1.79. The van der Waals surface area contributed by atoms with E-state index in [2.05, 4.69) is 10.6 Å². The van der Waals surface area contributed by atoms with Gasteiger partial charge in [0.15, 0.2) is 5.76 Å². The zero-order valence-electron chi connectivity index (χ0n) is 16.2. The lowest BCUT2D eigenvalue weighted by molar-refractivity contribution is -0.128. The van der Waals surface area contributed by atoms with Crippen molar-refractivity contribution in [2.45, 2.75) is 19.0 Å². The van der Waals surface area contributed by atoms with Crippen molar-refractivity contribution in [3.8, 4) is 0 Å². The van der Waals surface area contributed by atoms with Crippen LogP contribution in [-0.2, 0) is 22.6 Å². The lowest BCUT2D eigenvalue weighted by atomic mass is 9.93. The number of furan rings is 1. The molecule has 1 aliphatic rings. The second-order valence-corrected chi connectivity index (χ2v) is 7.03. The summed E-state index contributed by atoms with van der Waals surface area (Å²) < 4.78 is 5.24. The summed E-state index contributed by atoms with van der Waals surface area (Å²) in [5.41, 5.74) is 2.65. The van der Waals surface area contributed by atoms with Gasteiger partial charge in [0.2, 0.25) is 11.8 Å². The molecule has 0 radical (unpaired) electrons. The highest BCUT2D eigenvalue weighted by atomic mass is 16.3. The van der Waals surface area contributed by atoms with Crippen molar-refractivity contribution in [3.63, 3.8) is 0 Å². The Morgan fingerprint density at radius 2 is 1.67 bits per heavy atom. The summed E-state index contributed by atoms with van der Waals surface area (Å²) in [4.78, 5) is 39.5. The summed E-state index contributed by atoms with van der Waals surface area (Å²) in [5.74, 6) is -0.903. The van der Waals surface area contributed by atoms with Crippen molar-refractivity contribution >= 4 is 23.4 Å². The molecule has 2 N–H and O–H groups in total. The topological polar surface area (TPSA) is 91.7 Å². The highest BCUT2D eigenvalue weighted by Gasteiger charge is 2.36. The number of para-hydroxylation sites is 1. The molecule has 3 amide bonds. The minimum absolute atomic E-state index is 0.175. The smallest absolute Gasteiger partial charge is 0.290 e. The standard InChI is InChI=1S/C23H21N3O4/c27-21(25-18-9-2-1-3-10-18)14-24-22(28)19-13-16-7-4-5-8-17(16)15-26(19)23(29)20-11-6-12-30-20/h1-12,19H,13-15H2,(H,24,28)(H,25,27). The van der Waals surface area contributed by atoms with E-state index in [1.165, 1.54) is 11.2 Å². The fourth-order valence-corrected chi connectivity index (χ4v) is 3.52. The lowest BCUT2D eigenvalue weighted by Crippen LogP contribution is -2.53. The summed E-state index contributed by atoms with van der Waals surface area (Å²) >= 11 is 0. The zero-order valence-corrected chi connectivity index (χ0v) is 16.2. The van der Waals surface area contributed by atoms with Crippen molar-refractivity contribution in [1.29, 1.82) is 0 Å². The molecule has 2 aromatic carbocycles.